The van der Waals surface area contributed by atoms with Gasteiger partial charge in [-0.3, -0.25) is 19.3 Å². The summed E-state index contributed by atoms with van der Waals surface area (Å²) < 4.78 is 10.2. The molecule has 35 heavy (non-hydrogen) atoms. The van der Waals surface area contributed by atoms with Crippen molar-refractivity contribution in [1.29, 1.82) is 0 Å². The number of hydrogen-bond acceptors (Lipinski definition) is 8. The minimum Gasteiger partial charge on any atom is -0.462 e. The second kappa shape index (κ2) is 10.1. The van der Waals surface area contributed by atoms with Crippen LogP contribution in [0.5, 0.6) is 0 Å². The van der Waals surface area contributed by atoms with Gasteiger partial charge in [0.25, 0.3) is 0 Å². The van der Waals surface area contributed by atoms with E-state index in [1.54, 1.807) is 20.8 Å². The topological polar surface area (TPSA) is 119 Å². The third-order valence-corrected chi connectivity index (χ3v) is 8.82. The van der Waals surface area contributed by atoms with Crippen molar-refractivity contribution in [2.24, 2.45) is 16.7 Å². The highest BCUT2D eigenvalue weighted by molar-refractivity contribution is 7.18. The van der Waals surface area contributed by atoms with E-state index in [0.717, 1.165) is 11.3 Å². The van der Waals surface area contributed by atoms with Crippen LogP contribution in [0.25, 0.3) is 0 Å². The molecule has 192 valence electrons. The molecule has 3 amide bonds. The van der Waals surface area contributed by atoms with Gasteiger partial charge < -0.3 is 14.8 Å². The van der Waals surface area contributed by atoms with Gasteiger partial charge in [-0.25, -0.2) is 9.59 Å². The van der Waals surface area contributed by atoms with Crippen LogP contribution in [-0.4, -0.2) is 54.3 Å². The number of carbonyl (C=O) groups is 5. The quantitative estimate of drug-likeness (QED) is 0.398. The van der Waals surface area contributed by atoms with Gasteiger partial charge >= 0.3 is 11.9 Å². The molecule has 1 aliphatic carbocycles. The van der Waals surface area contributed by atoms with Crippen molar-refractivity contribution in [2.45, 2.75) is 67.2 Å². The highest BCUT2D eigenvalue weighted by atomic mass is 32.1. The number of nitrogens with zero attached hydrogens (tertiary/aromatic N) is 1. The third kappa shape index (κ3) is 4.60. The Labute approximate surface area is 209 Å². The molecule has 1 aromatic rings. The van der Waals surface area contributed by atoms with Gasteiger partial charge in [0.2, 0.25) is 17.7 Å². The van der Waals surface area contributed by atoms with Crippen LogP contribution in [-0.2, 0) is 23.9 Å². The van der Waals surface area contributed by atoms with Crippen molar-refractivity contribution in [3.63, 3.8) is 0 Å². The molecule has 0 radical (unpaired) electrons. The molecule has 1 N–H and O–H groups in total. The zero-order chi connectivity index (χ0) is 26.1. The lowest BCUT2D eigenvalue weighted by atomic mass is 9.62. The number of likely N-dealkylation sites (tertiary alicyclic amines) is 1. The van der Waals surface area contributed by atoms with Gasteiger partial charge in [0.1, 0.15) is 9.88 Å². The number of hydrogen-bond donors (Lipinski definition) is 1. The zero-order valence-corrected chi connectivity index (χ0v) is 22.1. The Hall–Kier alpha value is -2.75. The van der Waals surface area contributed by atoms with E-state index in [1.165, 1.54) is 4.90 Å². The van der Waals surface area contributed by atoms with E-state index in [4.69, 9.17) is 9.47 Å². The summed E-state index contributed by atoms with van der Waals surface area (Å²) in [5, 5.41) is 2.92. The molecule has 3 rings (SSSR count). The molecule has 2 fully saturated rings. The largest absolute Gasteiger partial charge is 0.462 e. The molecule has 1 saturated heterocycles. The minimum atomic E-state index is -0.636. The Kier molecular flexibility index (Phi) is 7.74. The molecule has 10 heteroatoms. The van der Waals surface area contributed by atoms with Crippen molar-refractivity contribution >= 4 is 46.0 Å². The number of thiophene rings is 1. The number of fused-ring (bicyclic) bond motifs is 2. The van der Waals surface area contributed by atoms with Crippen LogP contribution in [0, 0.1) is 23.7 Å². The van der Waals surface area contributed by atoms with E-state index in [2.05, 4.69) is 5.32 Å². The molecule has 2 unspecified atom stereocenters. The summed E-state index contributed by atoms with van der Waals surface area (Å²) in [5.41, 5.74) is -0.452. The first-order valence-corrected chi connectivity index (χ1v) is 12.9. The first-order valence-electron chi connectivity index (χ1n) is 12.0. The number of nitrogens with one attached hydrogen (secondary N) is 1. The molecule has 2 bridgehead atoms. The molecule has 2 atom stereocenters. The second-order valence-corrected chi connectivity index (χ2v) is 10.8. The fraction of sp³-hybridized carbons (Fsp3) is 0.640. The molecule has 9 nitrogen and oxygen atoms in total. The number of piperidine rings is 1. The average molecular weight is 507 g/mol. The van der Waals surface area contributed by atoms with Crippen LogP contribution < -0.4 is 5.32 Å². The highest BCUT2D eigenvalue weighted by Crippen LogP contribution is 2.60. The van der Waals surface area contributed by atoms with Crippen LogP contribution in [0.3, 0.4) is 0 Å². The summed E-state index contributed by atoms with van der Waals surface area (Å²) in [4.78, 5) is 65.2. The van der Waals surface area contributed by atoms with Crippen molar-refractivity contribution in [3.05, 3.63) is 16.0 Å². The van der Waals surface area contributed by atoms with Crippen molar-refractivity contribution in [1.82, 2.24) is 4.90 Å². The monoisotopic (exact) mass is 506 g/mol. The minimum absolute atomic E-state index is 0.0375. The maximum Gasteiger partial charge on any atom is 0.348 e. The SMILES string of the molecule is CCOC(=O)c1sc(NC(=O)CCCN2C(=O)C3CCC(C)(C2=O)C3(C)C)c(C(=O)OCC)c1C. The maximum atomic E-state index is 13.1. The van der Waals surface area contributed by atoms with E-state index in [9.17, 15) is 24.0 Å². The Balaban J connectivity index is 1.68. The van der Waals surface area contributed by atoms with Gasteiger partial charge in [0.15, 0.2) is 0 Å². The summed E-state index contributed by atoms with van der Waals surface area (Å²) >= 11 is 0.961. The van der Waals surface area contributed by atoms with Gasteiger partial charge in [-0.15, -0.1) is 11.3 Å². The number of ether oxygens (including phenoxy) is 2. The summed E-state index contributed by atoms with van der Waals surface area (Å²) in [6, 6.07) is 0. The van der Waals surface area contributed by atoms with Gasteiger partial charge in [0.05, 0.1) is 24.2 Å². The highest BCUT2D eigenvalue weighted by Gasteiger charge is 2.64. The number of imide groups is 1. The van der Waals surface area contributed by atoms with E-state index in [1.807, 2.05) is 20.8 Å². The molecule has 1 saturated carbocycles. The first kappa shape index (κ1) is 26.8. The molecular formula is C25H34N2O7S. The zero-order valence-electron chi connectivity index (χ0n) is 21.2. The van der Waals surface area contributed by atoms with Crippen molar-refractivity contribution in [3.8, 4) is 0 Å². The predicted octanol–water partition coefficient (Wildman–Crippen LogP) is 3.94. The number of rotatable bonds is 9. The number of anilines is 1. The summed E-state index contributed by atoms with van der Waals surface area (Å²) in [6.07, 6.45) is 1.71. The van der Waals surface area contributed by atoms with E-state index in [0.29, 0.717) is 18.4 Å². The van der Waals surface area contributed by atoms with Crippen LogP contribution in [0.2, 0.25) is 0 Å². The fourth-order valence-electron chi connectivity index (χ4n) is 5.14. The lowest BCUT2D eigenvalue weighted by Crippen LogP contribution is -2.59. The number of esters is 2. The van der Waals surface area contributed by atoms with Crippen LogP contribution in [0.15, 0.2) is 0 Å². The van der Waals surface area contributed by atoms with Crippen LogP contribution in [0.1, 0.15) is 85.9 Å². The van der Waals surface area contributed by atoms with Gasteiger partial charge in [-0.1, -0.05) is 20.8 Å². The normalized spacial score (nSPS) is 22.8. The lowest BCUT2D eigenvalue weighted by Gasteiger charge is -2.47. The smallest absolute Gasteiger partial charge is 0.348 e. The molecule has 1 aliphatic heterocycles. The Morgan fingerprint density at radius 2 is 1.71 bits per heavy atom. The molecule has 0 spiro atoms. The van der Waals surface area contributed by atoms with Crippen LogP contribution >= 0.6 is 11.3 Å². The Morgan fingerprint density at radius 3 is 2.34 bits per heavy atom. The van der Waals surface area contributed by atoms with Crippen molar-refractivity contribution < 1.29 is 33.4 Å². The molecule has 1 aromatic heterocycles. The van der Waals surface area contributed by atoms with Gasteiger partial charge in [-0.2, -0.15) is 0 Å². The Morgan fingerprint density at radius 1 is 1.09 bits per heavy atom. The molecule has 2 aliphatic rings. The number of amides is 3. The van der Waals surface area contributed by atoms with Crippen LogP contribution in [0.4, 0.5) is 5.00 Å². The molecule has 0 aromatic carbocycles. The van der Waals surface area contributed by atoms with E-state index < -0.39 is 23.3 Å². The standard InChI is InChI=1S/C25H34N2O7S/c1-7-33-21(30)17-14(3)18(22(31)34-8-2)35-19(17)26-16(28)10-9-13-27-20(29)15-11-12-25(6,23(27)32)24(15,4)5/h15H,7-13H2,1-6H3,(H,26,28). The van der Waals surface area contributed by atoms with Gasteiger partial charge in [-0.05, 0) is 51.0 Å². The van der Waals surface area contributed by atoms with Gasteiger partial charge in [0, 0.05) is 18.9 Å². The maximum absolute atomic E-state index is 13.1. The van der Waals surface area contributed by atoms with E-state index >= 15 is 0 Å². The summed E-state index contributed by atoms with van der Waals surface area (Å²) in [5.74, 6) is -2.12. The second-order valence-electron chi connectivity index (χ2n) is 9.79. The molecule has 2 heterocycles. The van der Waals surface area contributed by atoms with Crippen molar-refractivity contribution in [2.75, 3.05) is 25.1 Å². The summed E-state index contributed by atoms with van der Waals surface area (Å²) in [6.45, 7) is 11.3. The fourth-order valence-corrected chi connectivity index (χ4v) is 6.25. The first-order chi connectivity index (χ1) is 16.4. The number of carbonyl (C=O) groups excluding carboxylic acids is 5. The molecular weight excluding hydrogens is 472 g/mol. The lowest BCUT2D eigenvalue weighted by molar-refractivity contribution is -0.168. The summed E-state index contributed by atoms with van der Waals surface area (Å²) in [7, 11) is 0. The average Bonchev–Trinajstić information content (AvgIpc) is 3.20. The van der Waals surface area contributed by atoms with E-state index in [-0.39, 0.29) is 71.2 Å². The third-order valence-electron chi connectivity index (χ3n) is 7.63. The predicted molar refractivity (Wildman–Crippen MR) is 130 cm³/mol. The Bertz CT molecular complexity index is 1060.